The van der Waals surface area contributed by atoms with Gasteiger partial charge in [0.1, 0.15) is 5.82 Å². The topological polar surface area (TPSA) is 27.8 Å². The molecule has 2 N–H and O–H groups in total. The SMILES string of the molecule is CCNCc1c(C)[nH]c2c(F)cc(F)c(F)c12. The molecule has 2 aromatic rings. The average Bonchev–Trinajstić information content (AvgIpc) is 2.61. The molecule has 0 unspecified atom stereocenters. The highest BCUT2D eigenvalue weighted by atomic mass is 19.2. The highest BCUT2D eigenvalue weighted by molar-refractivity contribution is 5.85. The second-order valence-electron chi connectivity index (χ2n) is 3.91. The number of hydrogen-bond donors (Lipinski definition) is 2. The maximum atomic E-state index is 13.7. The Bertz CT molecular complexity index is 561. The van der Waals surface area contributed by atoms with Crippen molar-refractivity contribution in [2.75, 3.05) is 6.54 Å². The molecular weight excluding hydrogens is 229 g/mol. The van der Waals surface area contributed by atoms with Gasteiger partial charge in [0.15, 0.2) is 11.6 Å². The lowest BCUT2D eigenvalue weighted by atomic mass is 10.1. The number of hydrogen-bond acceptors (Lipinski definition) is 1. The number of nitrogens with one attached hydrogen (secondary N) is 2. The molecule has 0 fully saturated rings. The van der Waals surface area contributed by atoms with Gasteiger partial charge in [0.25, 0.3) is 0 Å². The summed E-state index contributed by atoms with van der Waals surface area (Å²) in [5, 5.41) is 3.02. The summed E-state index contributed by atoms with van der Waals surface area (Å²) in [6.45, 7) is 4.69. The molecule has 17 heavy (non-hydrogen) atoms. The first-order chi connectivity index (χ1) is 8.06. The van der Waals surface area contributed by atoms with Crippen molar-refractivity contribution in [3.05, 3.63) is 34.8 Å². The summed E-state index contributed by atoms with van der Waals surface area (Å²) in [7, 11) is 0. The quantitative estimate of drug-likeness (QED) is 0.795. The van der Waals surface area contributed by atoms with E-state index in [0.29, 0.717) is 30.4 Å². The number of aromatic nitrogens is 1. The minimum absolute atomic E-state index is 0.000880. The third kappa shape index (κ3) is 1.91. The fourth-order valence-electron chi connectivity index (χ4n) is 1.92. The van der Waals surface area contributed by atoms with Crippen LogP contribution in [0.1, 0.15) is 18.2 Å². The van der Waals surface area contributed by atoms with Crippen molar-refractivity contribution in [2.45, 2.75) is 20.4 Å². The van der Waals surface area contributed by atoms with Gasteiger partial charge in [-0.2, -0.15) is 0 Å². The molecule has 1 heterocycles. The Kier molecular flexibility index (Phi) is 3.11. The lowest BCUT2D eigenvalue weighted by molar-refractivity contribution is 0.505. The van der Waals surface area contributed by atoms with E-state index in [0.717, 1.165) is 0 Å². The van der Waals surface area contributed by atoms with Crippen LogP contribution in [0.15, 0.2) is 6.07 Å². The van der Waals surface area contributed by atoms with Gasteiger partial charge in [-0.15, -0.1) is 0 Å². The van der Waals surface area contributed by atoms with Crippen molar-refractivity contribution >= 4 is 10.9 Å². The van der Waals surface area contributed by atoms with Crippen molar-refractivity contribution in [3.8, 4) is 0 Å². The standard InChI is InChI=1S/C12H13F3N2/c1-3-16-5-7-6(2)17-12-9(14)4-8(13)11(15)10(7)12/h4,16-17H,3,5H2,1-2H3. The van der Waals surface area contributed by atoms with E-state index in [2.05, 4.69) is 10.3 Å². The number of rotatable bonds is 3. The maximum absolute atomic E-state index is 13.7. The third-order valence-electron chi connectivity index (χ3n) is 2.79. The van der Waals surface area contributed by atoms with Crippen molar-refractivity contribution in [3.63, 3.8) is 0 Å². The third-order valence-corrected chi connectivity index (χ3v) is 2.79. The van der Waals surface area contributed by atoms with Crippen LogP contribution in [0.3, 0.4) is 0 Å². The van der Waals surface area contributed by atoms with E-state index >= 15 is 0 Å². The van der Waals surface area contributed by atoms with Crippen molar-refractivity contribution in [1.29, 1.82) is 0 Å². The Hall–Kier alpha value is -1.49. The van der Waals surface area contributed by atoms with Gasteiger partial charge in [-0.05, 0) is 19.0 Å². The van der Waals surface area contributed by atoms with Crippen molar-refractivity contribution < 1.29 is 13.2 Å². The van der Waals surface area contributed by atoms with Crippen LogP contribution in [-0.2, 0) is 6.54 Å². The van der Waals surface area contributed by atoms with E-state index in [4.69, 9.17) is 0 Å². The number of H-pyrrole nitrogens is 1. The predicted octanol–water partition coefficient (Wildman–Crippen LogP) is 3.00. The molecule has 0 atom stereocenters. The van der Waals surface area contributed by atoms with Gasteiger partial charge in [0.05, 0.1) is 5.52 Å². The van der Waals surface area contributed by atoms with E-state index in [1.165, 1.54) is 0 Å². The fraction of sp³-hybridized carbons (Fsp3) is 0.333. The molecule has 5 heteroatoms. The smallest absolute Gasteiger partial charge is 0.168 e. The molecule has 1 aromatic carbocycles. The number of benzene rings is 1. The Morgan fingerprint density at radius 3 is 2.59 bits per heavy atom. The van der Waals surface area contributed by atoms with Crippen molar-refractivity contribution in [2.24, 2.45) is 0 Å². The number of aryl methyl sites for hydroxylation is 1. The van der Waals surface area contributed by atoms with E-state index in [9.17, 15) is 13.2 Å². The minimum Gasteiger partial charge on any atom is -0.356 e. The van der Waals surface area contributed by atoms with E-state index in [1.54, 1.807) is 6.92 Å². The molecule has 0 radical (unpaired) electrons. The van der Waals surface area contributed by atoms with Gasteiger partial charge in [0, 0.05) is 23.7 Å². The Morgan fingerprint density at radius 1 is 1.24 bits per heavy atom. The second kappa shape index (κ2) is 4.41. The van der Waals surface area contributed by atoms with Crippen LogP contribution in [0.2, 0.25) is 0 Å². The Labute approximate surface area is 96.8 Å². The summed E-state index contributed by atoms with van der Waals surface area (Å²) >= 11 is 0. The summed E-state index contributed by atoms with van der Waals surface area (Å²) in [6.07, 6.45) is 0. The zero-order valence-corrected chi connectivity index (χ0v) is 9.63. The highest BCUT2D eigenvalue weighted by Crippen LogP contribution is 2.28. The van der Waals surface area contributed by atoms with E-state index in [-0.39, 0.29) is 10.9 Å². The number of halogens is 3. The van der Waals surface area contributed by atoms with Gasteiger partial charge < -0.3 is 10.3 Å². The zero-order chi connectivity index (χ0) is 12.6. The first-order valence-electron chi connectivity index (χ1n) is 5.41. The van der Waals surface area contributed by atoms with Crippen LogP contribution in [0.25, 0.3) is 10.9 Å². The van der Waals surface area contributed by atoms with Gasteiger partial charge in [-0.1, -0.05) is 6.92 Å². The molecule has 2 rings (SSSR count). The summed E-state index contributed by atoms with van der Waals surface area (Å²) in [4.78, 5) is 2.75. The first-order valence-corrected chi connectivity index (χ1v) is 5.41. The lowest BCUT2D eigenvalue weighted by Crippen LogP contribution is -2.12. The molecule has 1 aromatic heterocycles. The summed E-state index contributed by atoms with van der Waals surface area (Å²) in [6, 6.07) is 0.560. The zero-order valence-electron chi connectivity index (χ0n) is 9.63. The molecule has 0 bridgehead atoms. The summed E-state index contributed by atoms with van der Waals surface area (Å²) in [5.41, 5.74) is 1.23. The van der Waals surface area contributed by atoms with Gasteiger partial charge >= 0.3 is 0 Å². The largest absolute Gasteiger partial charge is 0.356 e. The van der Waals surface area contributed by atoms with Gasteiger partial charge in [-0.3, -0.25) is 0 Å². The monoisotopic (exact) mass is 242 g/mol. The van der Waals surface area contributed by atoms with Gasteiger partial charge in [-0.25, -0.2) is 13.2 Å². The van der Waals surface area contributed by atoms with Gasteiger partial charge in [0.2, 0.25) is 0 Å². The molecule has 0 aliphatic rings. The van der Waals surface area contributed by atoms with Crippen LogP contribution in [-0.4, -0.2) is 11.5 Å². The molecule has 92 valence electrons. The molecule has 0 aliphatic heterocycles. The number of fused-ring (bicyclic) bond motifs is 1. The minimum atomic E-state index is -1.16. The number of aromatic amines is 1. The normalized spacial score (nSPS) is 11.4. The van der Waals surface area contributed by atoms with Crippen LogP contribution >= 0.6 is 0 Å². The average molecular weight is 242 g/mol. The molecule has 0 spiro atoms. The highest BCUT2D eigenvalue weighted by Gasteiger charge is 2.19. The molecular formula is C12H13F3N2. The summed E-state index contributed by atoms with van der Waals surface area (Å²) in [5.74, 6) is -2.94. The van der Waals surface area contributed by atoms with Crippen molar-refractivity contribution in [1.82, 2.24) is 10.3 Å². The van der Waals surface area contributed by atoms with E-state index < -0.39 is 17.5 Å². The maximum Gasteiger partial charge on any atom is 0.168 e. The molecule has 2 nitrogen and oxygen atoms in total. The summed E-state index contributed by atoms with van der Waals surface area (Å²) < 4.78 is 40.3. The van der Waals surface area contributed by atoms with Crippen LogP contribution in [0, 0.1) is 24.4 Å². The van der Waals surface area contributed by atoms with Crippen LogP contribution in [0.5, 0.6) is 0 Å². The molecule has 0 aliphatic carbocycles. The molecule has 0 saturated heterocycles. The molecule has 0 amide bonds. The lowest BCUT2D eigenvalue weighted by Gasteiger charge is -2.03. The Morgan fingerprint density at radius 2 is 1.94 bits per heavy atom. The Balaban J connectivity index is 2.70. The predicted molar refractivity (Wildman–Crippen MR) is 60.3 cm³/mol. The fourth-order valence-corrected chi connectivity index (χ4v) is 1.92. The van der Waals surface area contributed by atoms with E-state index in [1.807, 2.05) is 6.92 Å². The van der Waals surface area contributed by atoms with Crippen LogP contribution in [0.4, 0.5) is 13.2 Å². The first kappa shape index (κ1) is 12.0. The molecule has 0 saturated carbocycles. The van der Waals surface area contributed by atoms with Crippen LogP contribution < -0.4 is 5.32 Å². The second-order valence-corrected chi connectivity index (χ2v) is 3.91.